The van der Waals surface area contributed by atoms with Crippen molar-refractivity contribution in [2.24, 2.45) is 0 Å². The molecule has 0 fully saturated rings. The number of benzene rings is 2. The Morgan fingerprint density at radius 2 is 1.88 bits per heavy atom. The molecule has 124 valence electrons. The fraction of sp³-hybridized carbons (Fsp3) is 0.0625. The summed E-state index contributed by atoms with van der Waals surface area (Å²) < 4.78 is 47.2. The zero-order valence-corrected chi connectivity index (χ0v) is 14.4. The van der Waals surface area contributed by atoms with Crippen LogP contribution in [0, 0.1) is 27.9 Å². The molecule has 0 aliphatic heterocycles. The van der Waals surface area contributed by atoms with E-state index in [1.165, 1.54) is 0 Å². The van der Waals surface area contributed by atoms with E-state index in [-0.39, 0.29) is 16.8 Å². The minimum Gasteiger partial charge on any atom is -0.491 e. The standard InChI is InChI=1S/C16H10F3IN2O2/c1-7-4-8(20)2-3-12(7)21-15-9(10-6-24-22-16(10)23)5-11(17)13(18)14(15)19/h2-6,21H,1H3,(H,22,23). The van der Waals surface area contributed by atoms with Crippen LogP contribution in [0.3, 0.4) is 0 Å². The number of nitrogens with one attached hydrogen (secondary N) is 1. The molecule has 2 aromatic carbocycles. The molecule has 4 nitrogen and oxygen atoms in total. The topological polar surface area (TPSA) is 58.3 Å². The van der Waals surface area contributed by atoms with E-state index in [4.69, 9.17) is 0 Å². The van der Waals surface area contributed by atoms with Crippen LogP contribution in [0.25, 0.3) is 11.1 Å². The molecule has 0 saturated carbocycles. The first-order valence-corrected chi connectivity index (χ1v) is 7.80. The number of aromatic nitrogens is 1. The van der Waals surface area contributed by atoms with E-state index in [2.05, 4.69) is 37.6 Å². The summed E-state index contributed by atoms with van der Waals surface area (Å²) in [4.78, 5) is 0. The maximum Gasteiger partial charge on any atom is 0.259 e. The highest BCUT2D eigenvalue weighted by Crippen LogP contribution is 2.39. The van der Waals surface area contributed by atoms with Crippen molar-refractivity contribution in [3.8, 4) is 17.0 Å². The summed E-state index contributed by atoms with van der Waals surface area (Å²) >= 11 is 2.12. The van der Waals surface area contributed by atoms with Crippen LogP contribution in [0.2, 0.25) is 0 Å². The second-order valence-electron chi connectivity index (χ2n) is 5.04. The lowest BCUT2D eigenvalue weighted by Gasteiger charge is -2.15. The molecule has 3 aromatic rings. The molecule has 1 aromatic heterocycles. The van der Waals surface area contributed by atoms with Gasteiger partial charge in [-0.15, -0.1) is 0 Å². The first-order chi connectivity index (χ1) is 11.4. The molecule has 0 atom stereocenters. The highest BCUT2D eigenvalue weighted by atomic mass is 127. The third kappa shape index (κ3) is 2.93. The number of hydrogen-bond acceptors (Lipinski definition) is 4. The van der Waals surface area contributed by atoms with Gasteiger partial charge in [-0.1, -0.05) is 0 Å². The van der Waals surface area contributed by atoms with Crippen LogP contribution in [0.1, 0.15) is 5.56 Å². The Hall–Kier alpha value is -2.23. The number of aromatic hydroxyl groups is 1. The minimum absolute atomic E-state index is 0.0570. The zero-order valence-electron chi connectivity index (χ0n) is 12.2. The van der Waals surface area contributed by atoms with Gasteiger partial charge in [0.2, 0.25) is 0 Å². The van der Waals surface area contributed by atoms with Crippen molar-refractivity contribution in [1.82, 2.24) is 5.16 Å². The normalized spacial score (nSPS) is 10.9. The van der Waals surface area contributed by atoms with E-state index in [1.807, 2.05) is 6.07 Å². The van der Waals surface area contributed by atoms with Gasteiger partial charge in [0.25, 0.3) is 5.88 Å². The average Bonchev–Trinajstić information content (AvgIpc) is 2.95. The number of nitrogens with zero attached hydrogens (tertiary/aromatic N) is 1. The van der Waals surface area contributed by atoms with Crippen LogP contribution in [0.5, 0.6) is 5.88 Å². The summed E-state index contributed by atoms with van der Waals surface area (Å²) in [6.45, 7) is 1.79. The third-order valence-corrected chi connectivity index (χ3v) is 4.12. The van der Waals surface area contributed by atoms with Crippen molar-refractivity contribution in [2.45, 2.75) is 6.92 Å². The average molecular weight is 446 g/mol. The van der Waals surface area contributed by atoms with Crippen LogP contribution in [0.15, 0.2) is 35.1 Å². The van der Waals surface area contributed by atoms with Crippen molar-refractivity contribution in [3.05, 3.63) is 57.1 Å². The van der Waals surface area contributed by atoms with Gasteiger partial charge in [-0.25, -0.2) is 13.2 Å². The van der Waals surface area contributed by atoms with E-state index in [0.29, 0.717) is 5.69 Å². The Balaban J connectivity index is 2.19. The molecule has 1 heterocycles. The van der Waals surface area contributed by atoms with Crippen molar-refractivity contribution < 1.29 is 22.8 Å². The number of anilines is 2. The molecule has 0 amide bonds. The van der Waals surface area contributed by atoms with E-state index in [9.17, 15) is 18.3 Å². The summed E-state index contributed by atoms with van der Waals surface area (Å²) in [6.07, 6.45) is 1.02. The Kier molecular flexibility index (Phi) is 4.39. The van der Waals surface area contributed by atoms with Gasteiger partial charge in [-0.05, 0) is 64.5 Å². The quantitative estimate of drug-likeness (QED) is 0.433. The molecule has 0 bridgehead atoms. The van der Waals surface area contributed by atoms with Gasteiger partial charge in [0.1, 0.15) is 6.26 Å². The zero-order chi connectivity index (χ0) is 17.4. The summed E-state index contributed by atoms with van der Waals surface area (Å²) in [7, 11) is 0. The van der Waals surface area contributed by atoms with Crippen LogP contribution in [-0.2, 0) is 0 Å². The predicted octanol–water partition coefficient (Wildman–Crippen LogP) is 5.12. The number of halogens is 4. The highest BCUT2D eigenvalue weighted by molar-refractivity contribution is 14.1. The molecule has 0 spiro atoms. The van der Waals surface area contributed by atoms with Crippen LogP contribution >= 0.6 is 22.6 Å². The lowest BCUT2D eigenvalue weighted by molar-refractivity contribution is 0.359. The summed E-state index contributed by atoms with van der Waals surface area (Å²) in [6, 6.07) is 6.09. The number of aryl methyl sites for hydroxylation is 1. The van der Waals surface area contributed by atoms with Gasteiger partial charge in [0.05, 0.1) is 11.3 Å². The SMILES string of the molecule is Cc1cc(I)ccc1Nc1c(-c2conc2O)cc(F)c(F)c1F. The fourth-order valence-corrected chi connectivity index (χ4v) is 2.89. The molecule has 8 heteroatoms. The molecule has 0 saturated heterocycles. The molecule has 3 rings (SSSR count). The number of rotatable bonds is 3. The van der Waals surface area contributed by atoms with E-state index >= 15 is 0 Å². The van der Waals surface area contributed by atoms with Crippen LogP contribution in [-0.4, -0.2) is 10.3 Å². The minimum atomic E-state index is -1.61. The van der Waals surface area contributed by atoms with Crippen molar-refractivity contribution in [1.29, 1.82) is 0 Å². The smallest absolute Gasteiger partial charge is 0.259 e. The third-order valence-electron chi connectivity index (χ3n) is 3.45. The van der Waals surface area contributed by atoms with E-state index in [0.717, 1.165) is 21.5 Å². The van der Waals surface area contributed by atoms with Crippen molar-refractivity contribution in [2.75, 3.05) is 5.32 Å². The summed E-state index contributed by atoms with van der Waals surface area (Å²) in [5.41, 5.74) is 0.808. The molecule has 0 unspecified atom stereocenters. The van der Waals surface area contributed by atoms with Gasteiger partial charge in [0, 0.05) is 14.8 Å². The Labute approximate surface area is 148 Å². The molecule has 2 N–H and O–H groups in total. The Morgan fingerprint density at radius 3 is 2.50 bits per heavy atom. The maximum absolute atomic E-state index is 14.3. The lowest BCUT2D eigenvalue weighted by Crippen LogP contribution is -2.03. The number of hydrogen-bond donors (Lipinski definition) is 2. The van der Waals surface area contributed by atoms with Gasteiger partial charge < -0.3 is 14.9 Å². The molecule has 0 radical (unpaired) electrons. The molecular weight excluding hydrogens is 436 g/mol. The molecule has 0 aliphatic carbocycles. The molecule has 24 heavy (non-hydrogen) atoms. The summed E-state index contributed by atoms with van der Waals surface area (Å²) in [5.74, 6) is -4.94. The van der Waals surface area contributed by atoms with Crippen molar-refractivity contribution in [3.63, 3.8) is 0 Å². The van der Waals surface area contributed by atoms with Crippen molar-refractivity contribution >= 4 is 34.0 Å². The molecule has 0 aliphatic rings. The predicted molar refractivity (Wildman–Crippen MR) is 90.7 cm³/mol. The van der Waals surface area contributed by atoms with E-state index in [1.54, 1.807) is 19.1 Å². The Bertz CT molecular complexity index is 928. The van der Waals surface area contributed by atoms with Gasteiger partial charge in [-0.2, -0.15) is 0 Å². The second-order valence-corrected chi connectivity index (χ2v) is 6.29. The fourth-order valence-electron chi connectivity index (χ4n) is 2.25. The lowest BCUT2D eigenvalue weighted by atomic mass is 10.0. The van der Waals surface area contributed by atoms with Gasteiger partial charge >= 0.3 is 0 Å². The second kappa shape index (κ2) is 6.34. The monoisotopic (exact) mass is 446 g/mol. The largest absolute Gasteiger partial charge is 0.491 e. The van der Waals surface area contributed by atoms with Crippen LogP contribution < -0.4 is 5.32 Å². The first kappa shape index (κ1) is 16.6. The summed E-state index contributed by atoms with van der Waals surface area (Å²) in [5, 5.41) is 15.7. The van der Waals surface area contributed by atoms with Crippen LogP contribution in [0.4, 0.5) is 24.5 Å². The van der Waals surface area contributed by atoms with Gasteiger partial charge in [0.15, 0.2) is 17.5 Å². The Morgan fingerprint density at radius 1 is 1.12 bits per heavy atom. The first-order valence-electron chi connectivity index (χ1n) is 6.73. The van der Waals surface area contributed by atoms with E-state index < -0.39 is 23.3 Å². The highest BCUT2D eigenvalue weighted by Gasteiger charge is 2.23. The molecular formula is C16H10F3IN2O2. The maximum atomic E-state index is 14.3. The van der Waals surface area contributed by atoms with Gasteiger partial charge in [-0.3, -0.25) is 0 Å².